The lowest BCUT2D eigenvalue weighted by Crippen LogP contribution is -2.41. The average molecular weight is 457 g/mol. The smallest absolute Gasteiger partial charge is 0.350 e. The van der Waals surface area contributed by atoms with Crippen molar-refractivity contribution in [1.82, 2.24) is 14.3 Å². The van der Waals surface area contributed by atoms with Crippen molar-refractivity contribution in [1.29, 1.82) is 0 Å². The number of fused-ring (bicyclic) bond motifs is 1. The van der Waals surface area contributed by atoms with E-state index in [4.69, 9.17) is 11.6 Å². The summed E-state index contributed by atoms with van der Waals surface area (Å²) in [6.45, 7) is 7.72. The number of rotatable bonds is 5. The second-order valence-electron chi connectivity index (χ2n) is 7.67. The maximum Gasteiger partial charge on any atom is 0.350 e. The van der Waals surface area contributed by atoms with Crippen LogP contribution in [0.3, 0.4) is 0 Å². The van der Waals surface area contributed by atoms with Gasteiger partial charge in [0.25, 0.3) is 5.91 Å². The summed E-state index contributed by atoms with van der Waals surface area (Å²) in [5.74, 6) is -1.34. The highest BCUT2D eigenvalue weighted by molar-refractivity contribution is 6.34. The van der Waals surface area contributed by atoms with Crippen LogP contribution in [0, 0.1) is 5.82 Å². The molecule has 0 saturated carbocycles. The van der Waals surface area contributed by atoms with E-state index in [1.165, 1.54) is 15.5 Å². The summed E-state index contributed by atoms with van der Waals surface area (Å²) in [6, 6.07) is 9.57. The topological polar surface area (TPSA) is 80.4 Å². The van der Waals surface area contributed by atoms with Crippen LogP contribution in [0.4, 0.5) is 10.1 Å². The minimum atomic E-state index is -0.772. The Labute approximate surface area is 189 Å². The number of aliphatic hydroxyl groups excluding tert-OH is 1. The van der Waals surface area contributed by atoms with Crippen LogP contribution in [-0.2, 0) is 13.2 Å². The molecule has 1 amide bonds. The number of aromatic nitrogens is 3. The molecule has 0 radical (unpaired) electrons. The Morgan fingerprint density at radius 1 is 1.28 bits per heavy atom. The predicted molar refractivity (Wildman–Crippen MR) is 120 cm³/mol. The summed E-state index contributed by atoms with van der Waals surface area (Å²) in [4.78, 5) is 27.6. The molecule has 0 aliphatic carbocycles. The number of para-hydroxylation sites is 1. The van der Waals surface area contributed by atoms with Gasteiger partial charge in [-0.25, -0.2) is 9.18 Å². The van der Waals surface area contributed by atoms with Crippen molar-refractivity contribution in [2.45, 2.75) is 32.9 Å². The van der Waals surface area contributed by atoms with E-state index >= 15 is 4.39 Å². The molecule has 166 valence electrons. The predicted octanol–water partition coefficient (Wildman–Crippen LogP) is 3.66. The standard InChI is InChI=1S/C23H22ClFN4O3/c1-4-27-21(12-30)26-29(23(27)32)20-10-14-15(9-18(20)25)22(31)28(11-16(14)13(2)3)19-8-6-5-7-17(19)24/h5-10,16,30H,2,4,11-12H2,1,3H3/t16-/m1/s1. The zero-order valence-electron chi connectivity index (χ0n) is 17.7. The van der Waals surface area contributed by atoms with Gasteiger partial charge in [0, 0.05) is 24.6 Å². The number of benzene rings is 2. The summed E-state index contributed by atoms with van der Waals surface area (Å²) >= 11 is 6.32. The first kappa shape index (κ1) is 22.0. The fourth-order valence-electron chi connectivity index (χ4n) is 4.05. The third-order valence-electron chi connectivity index (χ3n) is 5.70. The summed E-state index contributed by atoms with van der Waals surface area (Å²) in [6.07, 6.45) is 0. The van der Waals surface area contributed by atoms with Crippen LogP contribution in [0.5, 0.6) is 0 Å². The Bertz CT molecular complexity index is 1300. The third-order valence-corrected chi connectivity index (χ3v) is 6.02. The molecule has 2 heterocycles. The van der Waals surface area contributed by atoms with Crippen LogP contribution in [0.25, 0.3) is 5.69 Å². The fourth-order valence-corrected chi connectivity index (χ4v) is 4.29. The van der Waals surface area contributed by atoms with Crippen LogP contribution < -0.4 is 10.6 Å². The van der Waals surface area contributed by atoms with Gasteiger partial charge in [0.2, 0.25) is 0 Å². The SMILES string of the molecule is C=C(C)[C@H]1CN(c2ccccc2Cl)C(=O)c2cc(F)c(-n3nc(CO)n(CC)c3=O)cc21. The second-order valence-corrected chi connectivity index (χ2v) is 8.08. The third kappa shape index (κ3) is 3.45. The van der Waals surface area contributed by atoms with E-state index in [9.17, 15) is 14.7 Å². The molecule has 1 N–H and O–H groups in total. The number of amides is 1. The summed E-state index contributed by atoms with van der Waals surface area (Å²) in [5.41, 5.74) is 1.39. The van der Waals surface area contributed by atoms with Crippen molar-refractivity contribution in [3.05, 3.63) is 86.8 Å². The van der Waals surface area contributed by atoms with E-state index < -0.39 is 24.0 Å². The number of halogens is 2. The quantitative estimate of drug-likeness (QED) is 0.594. The average Bonchev–Trinajstić information content (AvgIpc) is 3.09. The fraction of sp³-hybridized carbons (Fsp3) is 0.261. The van der Waals surface area contributed by atoms with Crippen LogP contribution in [0.2, 0.25) is 5.02 Å². The molecule has 9 heteroatoms. The molecule has 32 heavy (non-hydrogen) atoms. The van der Waals surface area contributed by atoms with E-state index in [0.29, 0.717) is 16.3 Å². The van der Waals surface area contributed by atoms with Gasteiger partial charge in [-0.1, -0.05) is 35.9 Å². The number of carbonyl (C=O) groups excluding carboxylic acids is 1. The van der Waals surface area contributed by atoms with Crippen molar-refractivity contribution in [3.8, 4) is 5.69 Å². The highest BCUT2D eigenvalue weighted by Gasteiger charge is 2.35. The van der Waals surface area contributed by atoms with E-state index in [1.54, 1.807) is 31.2 Å². The maximum absolute atomic E-state index is 15.2. The molecule has 0 fully saturated rings. The summed E-state index contributed by atoms with van der Waals surface area (Å²) in [5, 5.41) is 14.0. The van der Waals surface area contributed by atoms with Crippen molar-refractivity contribution >= 4 is 23.2 Å². The Kier molecular flexibility index (Phi) is 5.75. The van der Waals surface area contributed by atoms with E-state index in [1.807, 2.05) is 6.92 Å². The van der Waals surface area contributed by atoms with Gasteiger partial charge >= 0.3 is 5.69 Å². The van der Waals surface area contributed by atoms with E-state index in [0.717, 1.165) is 16.3 Å². The maximum atomic E-state index is 15.2. The molecule has 0 spiro atoms. The van der Waals surface area contributed by atoms with Crippen LogP contribution in [0.1, 0.15) is 41.5 Å². The van der Waals surface area contributed by atoms with Crippen molar-refractivity contribution in [2.24, 2.45) is 0 Å². The van der Waals surface area contributed by atoms with Crippen LogP contribution >= 0.6 is 11.6 Å². The monoisotopic (exact) mass is 456 g/mol. The zero-order chi connectivity index (χ0) is 23.2. The molecule has 0 saturated heterocycles. The minimum absolute atomic E-state index is 0.0825. The van der Waals surface area contributed by atoms with E-state index in [-0.39, 0.29) is 36.1 Å². The van der Waals surface area contributed by atoms with Gasteiger partial charge in [-0.3, -0.25) is 9.36 Å². The van der Waals surface area contributed by atoms with Gasteiger partial charge in [-0.2, -0.15) is 4.68 Å². The van der Waals surface area contributed by atoms with Crippen LogP contribution in [-0.4, -0.2) is 31.9 Å². The molecular weight excluding hydrogens is 435 g/mol. The number of anilines is 1. The van der Waals surface area contributed by atoms with Gasteiger partial charge in [0.1, 0.15) is 18.1 Å². The lowest BCUT2D eigenvalue weighted by atomic mass is 9.84. The molecule has 3 aromatic rings. The lowest BCUT2D eigenvalue weighted by Gasteiger charge is -2.35. The van der Waals surface area contributed by atoms with Gasteiger partial charge < -0.3 is 10.0 Å². The Balaban J connectivity index is 1.90. The highest BCUT2D eigenvalue weighted by atomic mass is 35.5. The largest absolute Gasteiger partial charge is 0.388 e. The number of hydrogen-bond donors (Lipinski definition) is 1. The normalized spacial score (nSPS) is 15.7. The van der Waals surface area contributed by atoms with Gasteiger partial charge in [0.05, 0.1) is 10.7 Å². The van der Waals surface area contributed by atoms with E-state index in [2.05, 4.69) is 11.7 Å². The Morgan fingerprint density at radius 3 is 2.59 bits per heavy atom. The molecule has 4 rings (SSSR count). The molecule has 1 aromatic heterocycles. The summed E-state index contributed by atoms with van der Waals surface area (Å²) < 4.78 is 17.4. The molecule has 1 aliphatic heterocycles. The Morgan fingerprint density at radius 2 is 2.00 bits per heavy atom. The number of hydrogen-bond acceptors (Lipinski definition) is 4. The second kappa shape index (κ2) is 8.37. The number of aliphatic hydroxyl groups is 1. The minimum Gasteiger partial charge on any atom is -0.388 e. The molecule has 0 bridgehead atoms. The molecule has 2 aromatic carbocycles. The van der Waals surface area contributed by atoms with Gasteiger partial charge in [-0.05, 0) is 43.7 Å². The first-order valence-electron chi connectivity index (χ1n) is 10.1. The molecule has 1 atom stereocenters. The van der Waals surface area contributed by atoms with Gasteiger partial charge in [-0.15, -0.1) is 5.10 Å². The molecule has 1 aliphatic rings. The molecule has 7 nitrogen and oxygen atoms in total. The van der Waals surface area contributed by atoms with Crippen molar-refractivity contribution < 1.29 is 14.3 Å². The van der Waals surface area contributed by atoms with Crippen LogP contribution in [0.15, 0.2) is 53.3 Å². The highest BCUT2D eigenvalue weighted by Crippen LogP contribution is 2.38. The lowest BCUT2D eigenvalue weighted by molar-refractivity contribution is 0.0977. The molecular formula is C23H22ClFN4O3. The van der Waals surface area contributed by atoms with Crippen molar-refractivity contribution in [2.75, 3.05) is 11.4 Å². The Hall–Kier alpha value is -3.23. The van der Waals surface area contributed by atoms with Crippen molar-refractivity contribution in [3.63, 3.8) is 0 Å². The summed E-state index contributed by atoms with van der Waals surface area (Å²) in [7, 11) is 0. The zero-order valence-corrected chi connectivity index (χ0v) is 18.4. The first-order chi connectivity index (χ1) is 15.3. The number of nitrogens with zero attached hydrogens (tertiary/aromatic N) is 4. The van der Waals surface area contributed by atoms with Gasteiger partial charge in [0.15, 0.2) is 5.82 Å². The first-order valence-corrected chi connectivity index (χ1v) is 10.5. The number of carbonyl (C=O) groups is 1. The molecule has 0 unspecified atom stereocenters.